The van der Waals surface area contributed by atoms with E-state index in [1.54, 1.807) is 0 Å². The molecule has 2 nitrogen and oxygen atoms in total. The molecule has 0 bridgehead atoms. The van der Waals surface area contributed by atoms with Gasteiger partial charge in [-0.25, -0.2) is 5.01 Å². The largest absolute Gasteiger partial charge is 0.283 e. The van der Waals surface area contributed by atoms with Gasteiger partial charge in [0, 0.05) is 24.5 Å². The summed E-state index contributed by atoms with van der Waals surface area (Å²) in [6, 6.07) is 0.557. The van der Waals surface area contributed by atoms with Crippen molar-refractivity contribution >= 4 is 0 Å². The summed E-state index contributed by atoms with van der Waals surface area (Å²) >= 11 is 0. The first-order chi connectivity index (χ1) is 6.13. The summed E-state index contributed by atoms with van der Waals surface area (Å²) in [6.45, 7) is 6.71. The zero-order valence-corrected chi connectivity index (χ0v) is 8.96. The number of hydrogen-bond acceptors (Lipinski definition) is 2. The Morgan fingerprint density at radius 2 is 2.00 bits per heavy atom. The van der Waals surface area contributed by atoms with E-state index < -0.39 is 0 Å². The topological polar surface area (TPSA) is 6.48 Å². The van der Waals surface area contributed by atoms with Gasteiger partial charge in [-0.1, -0.05) is 6.08 Å². The van der Waals surface area contributed by atoms with E-state index in [4.69, 9.17) is 0 Å². The average Bonchev–Trinajstić information content (AvgIpc) is 2.19. The van der Waals surface area contributed by atoms with Gasteiger partial charge in [0.05, 0.1) is 0 Å². The van der Waals surface area contributed by atoms with Crippen molar-refractivity contribution in [3.05, 3.63) is 23.0 Å². The van der Waals surface area contributed by atoms with E-state index in [9.17, 15) is 0 Å². The SMILES string of the molecule is CC1=C(C)N(C2=CCC2)N(C)C1C. The van der Waals surface area contributed by atoms with E-state index in [0.29, 0.717) is 6.04 Å². The third-order valence-corrected chi connectivity index (χ3v) is 3.44. The predicted octanol–water partition coefficient (Wildman–Crippen LogP) is 2.51. The highest BCUT2D eigenvalue weighted by Crippen LogP contribution is 2.35. The zero-order chi connectivity index (χ0) is 9.59. The molecule has 1 aliphatic carbocycles. The third kappa shape index (κ3) is 1.12. The number of allylic oxidation sites excluding steroid dienone is 3. The van der Waals surface area contributed by atoms with Crippen LogP contribution >= 0.6 is 0 Å². The van der Waals surface area contributed by atoms with Gasteiger partial charge in [0.25, 0.3) is 0 Å². The van der Waals surface area contributed by atoms with E-state index in [1.807, 2.05) is 0 Å². The molecule has 0 fully saturated rings. The Bertz CT molecular complexity index is 288. The quantitative estimate of drug-likeness (QED) is 0.608. The van der Waals surface area contributed by atoms with Crippen molar-refractivity contribution in [2.75, 3.05) is 7.05 Å². The molecule has 1 aliphatic heterocycles. The van der Waals surface area contributed by atoms with Gasteiger partial charge in [0.1, 0.15) is 0 Å². The molecule has 0 saturated carbocycles. The first-order valence-corrected chi connectivity index (χ1v) is 5.02. The molecule has 0 aromatic rings. The van der Waals surface area contributed by atoms with E-state index in [1.165, 1.54) is 29.8 Å². The molecule has 13 heavy (non-hydrogen) atoms. The van der Waals surface area contributed by atoms with Crippen LogP contribution in [0.1, 0.15) is 33.6 Å². The average molecular weight is 178 g/mol. The van der Waals surface area contributed by atoms with Crippen LogP contribution < -0.4 is 0 Å². The molecular weight excluding hydrogens is 160 g/mol. The predicted molar refractivity (Wildman–Crippen MR) is 54.8 cm³/mol. The summed E-state index contributed by atoms with van der Waals surface area (Å²) in [5, 5.41) is 4.69. The molecule has 0 radical (unpaired) electrons. The van der Waals surface area contributed by atoms with Gasteiger partial charge < -0.3 is 0 Å². The van der Waals surface area contributed by atoms with Gasteiger partial charge in [0.2, 0.25) is 0 Å². The number of hydrazine groups is 1. The highest BCUT2D eigenvalue weighted by atomic mass is 15.6. The molecule has 0 aromatic carbocycles. The highest BCUT2D eigenvalue weighted by molar-refractivity contribution is 5.27. The van der Waals surface area contributed by atoms with Crippen molar-refractivity contribution in [3.63, 3.8) is 0 Å². The molecular formula is C11H18N2. The lowest BCUT2D eigenvalue weighted by molar-refractivity contribution is 0.0675. The number of hydrogen-bond donors (Lipinski definition) is 0. The molecule has 0 aromatic heterocycles. The Kier molecular flexibility index (Phi) is 1.95. The molecule has 2 heteroatoms. The maximum atomic E-state index is 2.36. The Morgan fingerprint density at radius 1 is 1.38 bits per heavy atom. The lowest BCUT2D eigenvalue weighted by Crippen LogP contribution is -2.38. The minimum absolute atomic E-state index is 0.557. The van der Waals surface area contributed by atoms with Crippen LogP contribution in [0.3, 0.4) is 0 Å². The fourth-order valence-corrected chi connectivity index (χ4v) is 2.04. The van der Waals surface area contributed by atoms with Gasteiger partial charge >= 0.3 is 0 Å². The first kappa shape index (κ1) is 8.82. The van der Waals surface area contributed by atoms with Crippen LogP contribution in [0.5, 0.6) is 0 Å². The van der Waals surface area contributed by atoms with Gasteiger partial charge in [-0.3, -0.25) is 5.01 Å². The monoisotopic (exact) mass is 178 g/mol. The molecule has 0 saturated heterocycles. The standard InChI is InChI=1S/C11H18N2/c1-8-9(2)12(4)13(10(8)3)11-6-5-7-11/h6,9H,5,7H2,1-4H3. The second kappa shape index (κ2) is 2.88. The minimum Gasteiger partial charge on any atom is -0.283 e. The maximum absolute atomic E-state index is 2.36. The van der Waals surface area contributed by atoms with E-state index in [2.05, 4.69) is 43.9 Å². The second-order valence-corrected chi connectivity index (χ2v) is 4.06. The van der Waals surface area contributed by atoms with Gasteiger partial charge in [0.15, 0.2) is 0 Å². The molecule has 0 amide bonds. The number of nitrogens with zero attached hydrogens (tertiary/aromatic N) is 2. The molecule has 2 aliphatic rings. The Hall–Kier alpha value is -0.760. The third-order valence-electron chi connectivity index (χ3n) is 3.44. The van der Waals surface area contributed by atoms with Gasteiger partial charge in [-0.2, -0.15) is 0 Å². The van der Waals surface area contributed by atoms with Crippen molar-refractivity contribution in [2.24, 2.45) is 0 Å². The van der Waals surface area contributed by atoms with Crippen molar-refractivity contribution in [2.45, 2.75) is 39.7 Å². The molecule has 0 spiro atoms. The molecule has 1 atom stereocenters. The van der Waals surface area contributed by atoms with E-state index in [0.717, 1.165) is 0 Å². The van der Waals surface area contributed by atoms with E-state index in [-0.39, 0.29) is 0 Å². The molecule has 1 unspecified atom stereocenters. The van der Waals surface area contributed by atoms with Crippen LogP contribution in [0, 0.1) is 0 Å². The summed E-state index contributed by atoms with van der Waals surface area (Å²) in [7, 11) is 2.17. The highest BCUT2D eigenvalue weighted by Gasteiger charge is 2.31. The molecule has 0 N–H and O–H groups in total. The van der Waals surface area contributed by atoms with Gasteiger partial charge in [-0.15, -0.1) is 0 Å². The molecule has 2 rings (SSSR count). The lowest BCUT2D eigenvalue weighted by Gasteiger charge is -2.35. The second-order valence-electron chi connectivity index (χ2n) is 4.06. The molecule has 1 heterocycles. The number of likely N-dealkylation sites (N-methyl/N-ethyl adjacent to an activating group) is 1. The number of rotatable bonds is 1. The summed E-state index contributed by atoms with van der Waals surface area (Å²) in [5.41, 5.74) is 4.39. The first-order valence-electron chi connectivity index (χ1n) is 5.02. The summed E-state index contributed by atoms with van der Waals surface area (Å²) in [5.74, 6) is 0. The Balaban J connectivity index is 2.29. The van der Waals surface area contributed by atoms with Crippen molar-refractivity contribution in [3.8, 4) is 0 Å². The fourth-order valence-electron chi connectivity index (χ4n) is 2.04. The van der Waals surface area contributed by atoms with Crippen LogP contribution in [0.25, 0.3) is 0 Å². The van der Waals surface area contributed by atoms with Crippen LogP contribution in [-0.4, -0.2) is 23.1 Å². The zero-order valence-electron chi connectivity index (χ0n) is 8.96. The smallest absolute Gasteiger partial charge is 0.0492 e. The van der Waals surface area contributed by atoms with Crippen molar-refractivity contribution in [1.82, 2.24) is 10.0 Å². The van der Waals surface area contributed by atoms with Crippen molar-refractivity contribution in [1.29, 1.82) is 0 Å². The Morgan fingerprint density at radius 3 is 2.31 bits per heavy atom. The van der Waals surface area contributed by atoms with Crippen LogP contribution in [0.15, 0.2) is 23.0 Å². The normalized spacial score (nSPS) is 29.4. The van der Waals surface area contributed by atoms with Crippen molar-refractivity contribution < 1.29 is 0 Å². The maximum Gasteiger partial charge on any atom is 0.0492 e. The van der Waals surface area contributed by atoms with Crippen LogP contribution in [-0.2, 0) is 0 Å². The van der Waals surface area contributed by atoms with Crippen LogP contribution in [0.2, 0.25) is 0 Å². The summed E-state index contributed by atoms with van der Waals surface area (Å²) in [6.07, 6.45) is 4.81. The minimum atomic E-state index is 0.557. The van der Waals surface area contributed by atoms with Gasteiger partial charge in [-0.05, 0) is 39.2 Å². The summed E-state index contributed by atoms with van der Waals surface area (Å²) in [4.78, 5) is 0. The summed E-state index contributed by atoms with van der Waals surface area (Å²) < 4.78 is 0. The lowest BCUT2D eigenvalue weighted by atomic mass is 10.1. The Labute approximate surface area is 80.5 Å². The van der Waals surface area contributed by atoms with Crippen LogP contribution in [0.4, 0.5) is 0 Å². The fraction of sp³-hybridized carbons (Fsp3) is 0.636. The molecule has 72 valence electrons. The van der Waals surface area contributed by atoms with E-state index >= 15 is 0 Å².